The Hall–Kier alpha value is -2.43. The number of amides is 1. The zero-order valence-corrected chi connectivity index (χ0v) is 10.8. The van der Waals surface area contributed by atoms with Crippen LogP contribution >= 0.6 is 0 Å². The van der Waals surface area contributed by atoms with Gasteiger partial charge in [-0.15, -0.1) is 0 Å². The summed E-state index contributed by atoms with van der Waals surface area (Å²) in [5.74, 6) is -0.769. The largest absolute Gasteiger partial charge is 0.481 e. The topological polar surface area (TPSA) is 70.5 Å². The van der Waals surface area contributed by atoms with Gasteiger partial charge in [-0.1, -0.05) is 6.07 Å². The lowest BCUT2D eigenvalue weighted by atomic mass is 9.95. The minimum absolute atomic E-state index is 0.0441. The number of pyridine rings is 1. The van der Waals surface area contributed by atoms with Crippen LogP contribution in [0.1, 0.15) is 16.8 Å². The SMILES string of the molecule is O=C(O)CC1CN(C(=O)c2ccc3ncccc3c2)C1. The molecule has 0 aliphatic carbocycles. The molecule has 0 unspecified atom stereocenters. The average Bonchev–Trinajstić information content (AvgIpc) is 2.41. The van der Waals surface area contributed by atoms with Gasteiger partial charge in [0.2, 0.25) is 0 Å². The molecule has 5 heteroatoms. The summed E-state index contributed by atoms with van der Waals surface area (Å²) < 4.78 is 0. The molecule has 1 saturated heterocycles. The second kappa shape index (κ2) is 4.92. The number of hydrogen-bond donors (Lipinski definition) is 1. The molecule has 2 heterocycles. The van der Waals surface area contributed by atoms with Crippen LogP contribution in [0.4, 0.5) is 0 Å². The summed E-state index contributed by atoms with van der Waals surface area (Å²) in [6.45, 7) is 1.05. The van der Waals surface area contributed by atoms with Crippen LogP contribution < -0.4 is 0 Å². The fourth-order valence-corrected chi connectivity index (χ4v) is 2.50. The van der Waals surface area contributed by atoms with Gasteiger partial charge in [0.25, 0.3) is 5.91 Å². The van der Waals surface area contributed by atoms with Crippen LogP contribution in [0, 0.1) is 5.92 Å². The molecule has 1 amide bonds. The molecule has 0 spiro atoms. The summed E-state index contributed by atoms with van der Waals surface area (Å²) in [5.41, 5.74) is 1.48. The van der Waals surface area contributed by atoms with Gasteiger partial charge in [-0.2, -0.15) is 0 Å². The van der Waals surface area contributed by atoms with Gasteiger partial charge >= 0.3 is 5.97 Å². The van der Waals surface area contributed by atoms with Crippen LogP contribution in [-0.4, -0.2) is 40.0 Å². The number of aromatic nitrogens is 1. The molecule has 1 fully saturated rings. The van der Waals surface area contributed by atoms with Gasteiger partial charge in [0, 0.05) is 36.2 Å². The van der Waals surface area contributed by atoms with Gasteiger partial charge in [-0.25, -0.2) is 0 Å². The molecular weight excluding hydrogens is 256 g/mol. The number of rotatable bonds is 3. The smallest absolute Gasteiger partial charge is 0.303 e. The predicted molar refractivity (Wildman–Crippen MR) is 73.4 cm³/mol. The zero-order chi connectivity index (χ0) is 14.1. The van der Waals surface area contributed by atoms with Crippen LogP contribution in [0.25, 0.3) is 10.9 Å². The van der Waals surface area contributed by atoms with E-state index in [0.717, 1.165) is 10.9 Å². The van der Waals surface area contributed by atoms with Crippen molar-refractivity contribution in [3.8, 4) is 0 Å². The maximum atomic E-state index is 12.3. The molecule has 20 heavy (non-hydrogen) atoms. The highest BCUT2D eigenvalue weighted by Gasteiger charge is 2.32. The number of carboxylic acids is 1. The van der Waals surface area contributed by atoms with Crippen LogP contribution in [-0.2, 0) is 4.79 Å². The van der Waals surface area contributed by atoms with E-state index in [2.05, 4.69) is 4.98 Å². The van der Waals surface area contributed by atoms with E-state index in [1.807, 2.05) is 24.3 Å². The molecule has 1 aromatic heterocycles. The van der Waals surface area contributed by atoms with Crippen LogP contribution in [0.5, 0.6) is 0 Å². The van der Waals surface area contributed by atoms with Gasteiger partial charge in [0.15, 0.2) is 0 Å². The van der Waals surface area contributed by atoms with Crippen molar-refractivity contribution in [2.24, 2.45) is 5.92 Å². The molecule has 1 aliphatic rings. The molecule has 0 radical (unpaired) electrons. The van der Waals surface area contributed by atoms with Crippen LogP contribution in [0.2, 0.25) is 0 Å². The van der Waals surface area contributed by atoms with Crippen LogP contribution in [0.3, 0.4) is 0 Å². The average molecular weight is 270 g/mol. The third-order valence-corrected chi connectivity index (χ3v) is 3.56. The summed E-state index contributed by atoms with van der Waals surface area (Å²) in [4.78, 5) is 28.7. The van der Waals surface area contributed by atoms with E-state index in [-0.39, 0.29) is 18.2 Å². The monoisotopic (exact) mass is 270 g/mol. The maximum Gasteiger partial charge on any atom is 0.303 e. The van der Waals surface area contributed by atoms with Gasteiger partial charge in [0.05, 0.1) is 11.9 Å². The van der Waals surface area contributed by atoms with Gasteiger partial charge in [-0.3, -0.25) is 14.6 Å². The molecule has 0 saturated carbocycles. The number of carbonyl (C=O) groups excluding carboxylic acids is 1. The normalized spacial score (nSPS) is 15.1. The molecule has 1 aliphatic heterocycles. The molecule has 2 aromatic rings. The molecule has 3 rings (SSSR count). The van der Waals surface area contributed by atoms with Gasteiger partial charge in [0.1, 0.15) is 0 Å². The Balaban J connectivity index is 1.72. The molecule has 0 atom stereocenters. The number of aliphatic carboxylic acids is 1. The lowest BCUT2D eigenvalue weighted by Gasteiger charge is -2.38. The van der Waals surface area contributed by atoms with E-state index < -0.39 is 5.97 Å². The van der Waals surface area contributed by atoms with Crippen molar-refractivity contribution < 1.29 is 14.7 Å². The number of fused-ring (bicyclic) bond motifs is 1. The maximum absolute atomic E-state index is 12.3. The van der Waals surface area contributed by atoms with Crippen molar-refractivity contribution in [1.82, 2.24) is 9.88 Å². The third-order valence-electron chi connectivity index (χ3n) is 3.56. The molecule has 0 bridgehead atoms. The Kier molecular flexibility index (Phi) is 3.10. The molecule has 102 valence electrons. The third kappa shape index (κ3) is 2.34. The summed E-state index contributed by atoms with van der Waals surface area (Å²) in [7, 11) is 0. The zero-order valence-electron chi connectivity index (χ0n) is 10.8. The first-order valence-corrected chi connectivity index (χ1v) is 6.49. The molecule has 5 nitrogen and oxygen atoms in total. The first-order chi connectivity index (χ1) is 9.63. The number of carbonyl (C=O) groups is 2. The number of likely N-dealkylation sites (tertiary alicyclic amines) is 1. The summed E-state index contributed by atoms with van der Waals surface area (Å²) in [6, 6.07) is 9.18. The highest BCUT2D eigenvalue weighted by atomic mass is 16.4. The first-order valence-electron chi connectivity index (χ1n) is 6.49. The fourth-order valence-electron chi connectivity index (χ4n) is 2.50. The summed E-state index contributed by atoms with van der Waals surface area (Å²) in [5, 5.41) is 9.63. The number of carboxylic acid groups (broad SMARTS) is 1. The minimum atomic E-state index is -0.807. The van der Waals surface area contributed by atoms with Crippen molar-refractivity contribution in [3.63, 3.8) is 0 Å². The second-order valence-electron chi connectivity index (χ2n) is 5.08. The quantitative estimate of drug-likeness (QED) is 0.923. The van der Waals surface area contributed by atoms with Crippen LogP contribution in [0.15, 0.2) is 36.5 Å². The Morgan fingerprint density at radius 2 is 2.10 bits per heavy atom. The fraction of sp³-hybridized carbons (Fsp3) is 0.267. The Morgan fingerprint density at radius 1 is 1.30 bits per heavy atom. The molecule has 1 aromatic carbocycles. The van der Waals surface area contributed by atoms with E-state index >= 15 is 0 Å². The lowest BCUT2D eigenvalue weighted by molar-refractivity contribution is -0.139. The molecular formula is C15H14N2O3. The Labute approximate surface area is 115 Å². The van der Waals surface area contributed by atoms with Crippen molar-refractivity contribution in [2.75, 3.05) is 13.1 Å². The Bertz CT molecular complexity index is 678. The van der Waals surface area contributed by atoms with E-state index in [9.17, 15) is 9.59 Å². The first kappa shape index (κ1) is 12.6. The minimum Gasteiger partial charge on any atom is -0.481 e. The van der Waals surface area contributed by atoms with Crippen molar-refractivity contribution >= 4 is 22.8 Å². The second-order valence-corrected chi connectivity index (χ2v) is 5.08. The highest BCUT2D eigenvalue weighted by Crippen LogP contribution is 2.22. The highest BCUT2D eigenvalue weighted by molar-refractivity contribution is 5.98. The predicted octanol–water partition coefficient (Wildman–Crippen LogP) is 1.78. The standard InChI is InChI=1S/C15H14N2O3/c18-14(19)6-10-8-17(9-10)15(20)12-3-4-13-11(7-12)2-1-5-16-13/h1-5,7,10H,6,8-9H2,(H,18,19). The van der Waals surface area contributed by atoms with E-state index in [1.165, 1.54) is 0 Å². The summed E-state index contributed by atoms with van der Waals surface area (Å²) >= 11 is 0. The summed E-state index contributed by atoms with van der Waals surface area (Å²) in [6.07, 6.45) is 1.85. The van der Waals surface area contributed by atoms with Crippen molar-refractivity contribution in [3.05, 3.63) is 42.1 Å². The lowest BCUT2D eigenvalue weighted by Crippen LogP contribution is -2.50. The molecule has 1 N–H and O–H groups in total. The number of nitrogens with zero attached hydrogens (tertiary/aromatic N) is 2. The van der Waals surface area contributed by atoms with E-state index in [4.69, 9.17) is 5.11 Å². The van der Waals surface area contributed by atoms with E-state index in [1.54, 1.807) is 17.2 Å². The number of benzene rings is 1. The van der Waals surface area contributed by atoms with Gasteiger partial charge in [-0.05, 0) is 24.3 Å². The van der Waals surface area contributed by atoms with E-state index in [0.29, 0.717) is 18.7 Å². The van der Waals surface area contributed by atoms with Crippen molar-refractivity contribution in [2.45, 2.75) is 6.42 Å². The number of hydrogen-bond acceptors (Lipinski definition) is 3. The Morgan fingerprint density at radius 3 is 2.85 bits per heavy atom. The van der Waals surface area contributed by atoms with Gasteiger partial charge < -0.3 is 10.0 Å². The van der Waals surface area contributed by atoms with Crippen molar-refractivity contribution in [1.29, 1.82) is 0 Å².